The number of nitrogen functional groups attached to an aromatic ring is 1. The van der Waals surface area contributed by atoms with Crippen molar-refractivity contribution < 1.29 is 9.90 Å². The van der Waals surface area contributed by atoms with Crippen LogP contribution in [0.25, 0.3) is 0 Å². The lowest BCUT2D eigenvalue weighted by Gasteiger charge is -2.22. The minimum Gasteiger partial charge on any atom is -0.481 e. The first kappa shape index (κ1) is 17.5. The SMILES string of the molecule is Cc1nc(N)nc(N2CCC(c3ccccc3Cl)C2)c1CCC(=O)O. The first-order valence-electron chi connectivity index (χ1n) is 8.30. The molecule has 0 saturated carbocycles. The van der Waals surface area contributed by atoms with Gasteiger partial charge in [0.25, 0.3) is 0 Å². The van der Waals surface area contributed by atoms with E-state index < -0.39 is 5.97 Å². The van der Waals surface area contributed by atoms with Gasteiger partial charge < -0.3 is 15.7 Å². The van der Waals surface area contributed by atoms with Crippen LogP contribution in [0.2, 0.25) is 5.02 Å². The molecule has 6 nitrogen and oxygen atoms in total. The Labute approximate surface area is 151 Å². The normalized spacial score (nSPS) is 17.0. The molecular weight excluding hydrogens is 340 g/mol. The third kappa shape index (κ3) is 3.85. The average Bonchev–Trinajstić information content (AvgIpc) is 3.03. The van der Waals surface area contributed by atoms with Crippen LogP contribution in [0.4, 0.5) is 11.8 Å². The highest BCUT2D eigenvalue weighted by molar-refractivity contribution is 6.31. The van der Waals surface area contributed by atoms with Crippen molar-refractivity contribution in [3.8, 4) is 0 Å². The highest BCUT2D eigenvalue weighted by Gasteiger charge is 2.28. The third-order valence-corrected chi connectivity index (χ3v) is 4.98. The van der Waals surface area contributed by atoms with Crippen molar-refractivity contribution in [3.63, 3.8) is 0 Å². The second kappa shape index (κ2) is 7.27. The molecule has 3 N–H and O–H groups in total. The van der Waals surface area contributed by atoms with E-state index in [-0.39, 0.29) is 12.4 Å². The van der Waals surface area contributed by atoms with E-state index in [1.54, 1.807) is 0 Å². The van der Waals surface area contributed by atoms with Gasteiger partial charge >= 0.3 is 5.97 Å². The quantitative estimate of drug-likeness (QED) is 0.851. The van der Waals surface area contributed by atoms with E-state index in [2.05, 4.69) is 20.9 Å². The monoisotopic (exact) mass is 360 g/mol. The summed E-state index contributed by atoms with van der Waals surface area (Å²) in [7, 11) is 0. The number of aliphatic carboxylic acids is 1. The maximum Gasteiger partial charge on any atom is 0.303 e. The minimum atomic E-state index is -0.836. The molecule has 0 spiro atoms. The van der Waals surface area contributed by atoms with E-state index in [4.69, 9.17) is 22.4 Å². The van der Waals surface area contributed by atoms with E-state index in [0.29, 0.717) is 12.3 Å². The van der Waals surface area contributed by atoms with Crippen LogP contribution in [0.1, 0.15) is 35.6 Å². The summed E-state index contributed by atoms with van der Waals surface area (Å²) in [6, 6.07) is 7.89. The molecule has 2 heterocycles. The van der Waals surface area contributed by atoms with Crippen molar-refractivity contribution >= 4 is 29.3 Å². The molecule has 1 aromatic carbocycles. The van der Waals surface area contributed by atoms with Gasteiger partial charge in [-0.1, -0.05) is 29.8 Å². The fourth-order valence-corrected chi connectivity index (χ4v) is 3.69. The van der Waals surface area contributed by atoms with Crippen molar-refractivity contribution in [2.75, 3.05) is 23.7 Å². The summed E-state index contributed by atoms with van der Waals surface area (Å²) in [6.45, 7) is 3.45. The molecule has 1 fully saturated rings. The summed E-state index contributed by atoms with van der Waals surface area (Å²) in [5, 5.41) is 9.78. The molecule has 1 aliphatic rings. The standard InChI is InChI=1S/C18H21ClN4O2/c1-11-13(6-7-16(24)25)17(22-18(20)21-11)23-9-8-12(10-23)14-4-2-3-5-15(14)19/h2-5,12H,6-10H2,1H3,(H,24,25)(H2,20,21,22). The number of carbonyl (C=O) groups is 1. The van der Waals surface area contributed by atoms with Gasteiger partial charge in [-0.25, -0.2) is 4.98 Å². The van der Waals surface area contributed by atoms with Gasteiger partial charge in [-0.05, 0) is 31.4 Å². The number of rotatable bonds is 5. The van der Waals surface area contributed by atoms with Crippen molar-refractivity contribution in [2.45, 2.75) is 32.1 Å². The Morgan fingerprint density at radius 1 is 1.40 bits per heavy atom. The predicted molar refractivity (Wildman–Crippen MR) is 98.2 cm³/mol. The minimum absolute atomic E-state index is 0.0445. The Balaban J connectivity index is 1.87. The number of anilines is 2. The van der Waals surface area contributed by atoms with E-state index in [1.807, 2.05) is 25.1 Å². The Hall–Kier alpha value is -2.34. The predicted octanol–water partition coefficient (Wildman–Crippen LogP) is 3.03. The lowest BCUT2D eigenvalue weighted by atomic mass is 9.98. The molecule has 2 aromatic rings. The van der Waals surface area contributed by atoms with Gasteiger partial charge in [0, 0.05) is 41.7 Å². The molecule has 0 radical (unpaired) electrons. The van der Waals surface area contributed by atoms with Crippen molar-refractivity contribution in [1.82, 2.24) is 9.97 Å². The zero-order valence-electron chi connectivity index (χ0n) is 14.1. The smallest absolute Gasteiger partial charge is 0.303 e. The van der Waals surface area contributed by atoms with Gasteiger partial charge in [0.15, 0.2) is 0 Å². The van der Waals surface area contributed by atoms with Gasteiger partial charge in [-0.2, -0.15) is 4.98 Å². The van der Waals surface area contributed by atoms with Crippen molar-refractivity contribution in [1.29, 1.82) is 0 Å². The third-order valence-electron chi connectivity index (χ3n) is 4.63. The lowest BCUT2D eigenvalue weighted by Crippen LogP contribution is -2.24. The summed E-state index contributed by atoms with van der Waals surface area (Å²) in [5.41, 5.74) is 8.57. The van der Waals surface area contributed by atoms with E-state index in [1.165, 1.54) is 0 Å². The van der Waals surface area contributed by atoms with Crippen LogP contribution >= 0.6 is 11.6 Å². The molecule has 132 valence electrons. The van der Waals surface area contributed by atoms with Crippen molar-refractivity contribution in [3.05, 3.63) is 46.1 Å². The Kier molecular flexibility index (Phi) is 5.08. The first-order valence-corrected chi connectivity index (χ1v) is 8.67. The lowest BCUT2D eigenvalue weighted by molar-refractivity contribution is -0.136. The fraction of sp³-hybridized carbons (Fsp3) is 0.389. The zero-order valence-corrected chi connectivity index (χ0v) is 14.8. The molecule has 3 rings (SSSR count). The topological polar surface area (TPSA) is 92.3 Å². The molecule has 0 amide bonds. The number of nitrogens with zero attached hydrogens (tertiary/aromatic N) is 3. The van der Waals surface area contributed by atoms with Crippen LogP contribution in [-0.4, -0.2) is 34.1 Å². The molecule has 0 bridgehead atoms. The summed E-state index contributed by atoms with van der Waals surface area (Å²) < 4.78 is 0. The molecule has 1 aromatic heterocycles. The molecule has 25 heavy (non-hydrogen) atoms. The first-order chi connectivity index (χ1) is 12.0. The highest BCUT2D eigenvalue weighted by Crippen LogP contribution is 2.35. The van der Waals surface area contributed by atoms with Crippen LogP contribution in [0, 0.1) is 6.92 Å². The number of hydrogen-bond donors (Lipinski definition) is 2. The largest absolute Gasteiger partial charge is 0.481 e. The number of halogens is 1. The summed E-state index contributed by atoms with van der Waals surface area (Å²) >= 11 is 6.33. The second-order valence-corrected chi connectivity index (χ2v) is 6.72. The van der Waals surface area contributed by atoms with E-state index >= 15 is 0 Å². The number of aromatic nitrogens is 2. The average molecular weight is 361 g/mol. The van der Waals surface area contributed by atoms with Crippen LogP contribution in [0.15, 0.2) is 24.3 Å². The van der Waals surface area contributed by atoms with E-state index in [9.17, 15) is 4.79 Å². The van der Waals surface area contributed by atoms with Gasteiger partial charge in [0.2, 0.25) is 5.95 Å². The van der Waals surface area contributed by atoms with Gasteiger partial charge in [-0.3, -0.25) is 4.79 Å². The zero-order chi connectivity index (χ0) is 18.0. The Morgan fingerprint density at radius 3 is 2.88 bits per heavy atom. The van der Waals surface area contributed by atoms with Gasteiger partial charge in [0.05, 0.1) is 0 Å². The molecule has 1 unspecified atom stereocenters. The Bertz CT molecular complexity index is 797. The molecule has 7 heteroatoms. The number of nitrogens with two attached hydrogens (primary N) is 1. The van der Waals surface area contributed by atoms with Crippen LogP contribution in [0.5, 0.6) is 0 Å². The Morgan fingerprint density at radius 2 is 2.16 bits per heavy atom. The summed E-state index contributed by atoms with van der Waals surface area (Å²) in [6.07, 6.45) is 1.40. The highest BCUT2D eigenvalue weighted by atomic mass is 35.5. The number of carboxylic acids is 1. The number of hydrogen-bond acceptors (Lipinski definition) is 5. The van der Waals surface area contributed by atoms with E-state index in [0.717, 1.165) is 47.2 Å². The van der Waals surface area contributed by atoms with Crippen molar-refractivity contribution in [2.24, 2.45) is 0 Å². The molecule has 0 aliphatic carbocycles. The van der Waals surface area contributed by atoms with Crippen LogP contribution in [-0.2, 0) is 11.2 Å². The summed E-state index contributed by atoms with van der Waals surface area (Å²) in [5.74, 6) is 0.448. The maximum absolute atomic E-state index is 11.0. The summed E-state index contributed by atoms with van der Waals surface area (Å²) in [4.78, 5) is 21.7. The number of carboxylic acid groups (broad SMARTS) is 1. The number of benzene rings is 1. The molecular formula is C18H21ClN4O2. The molecule has 1 aliphatic heterocycles. The molecule has 1 saturated heterocycles. The fourth-order valence-electron chi connectivity index (χ4n) is 3.40. The number of aryl methyl sites for hydroxylation is 1. The van der Waals surface area contributed by atoms with Gasteiger partial charge in [0.1, 0.15) is 5.82 Å². The maximum atomic E-state index is 11.0. The molecule has 1 atom stereocenters. The van der Waals surface area contributed by atoms with Crippen LogP contribution in [0.3, 0.4) is 0 Å². The van der Waals surface area contributed by atoms with Gasteiger partial charge in [-0.15, -0.1) is 0 Å². The second-order valence-electron chi connectivity index (χ2n) is 6.32. The van der Waals surface area contributed by atoms with Crippen LogP contribution < -0.4 is 10.6 Å².